The average Bonchev–Trinajstić information content (AvgIpc) is 2.84. The Morgan fingerprint density at radius 1 is 1.47 bits per heavy atom. The normalized spacial score (nSPS) is 12.6. The number of halogens is 2. The van der Waals surface area contributed by atoms with Gasteiger partial charge in [0.25, 0.3) is 0 Å². The Bertz CT molecular complexity index is 559. The van der Waals surface area contributed by atoms with E-state index in [1.807, 2.05) is 13.8 Å². The van der Waals surface area contributed by atoms with Crippen molar-refractivity contribution in [2.45, 2.75) is 26.3 Å². The molecule has 0 aliphatic rings. The molecule has 2 aromatic rings. The predicted octanol–water partition coefficient (Wildman–Crippen LogP) is 3.12. The Labute approximate surface area is 116 Å². The monoisotopic (exact) mass is 283 g/mol. The van der Waals surface area contributed by atoms with Crippen LogP contribution < -0.4 is 5.32 Å². The van der Waals surface area contributed by atoms with E-state index in [1.165, 1.54) is 6.07 Å². The van der Waals surface area contributed by atoms with E-state index in [0.29, 0.717) is 17.3 Å². The van der Waals surface area contributed by atoms with E-state index >= 15 is 0 Å². The van der Waals surface area contributed by atoms with Gasteiger partial charge in [0.05, 0.1) is 11.1 Å². The van der Waals surface area contributed by atoms with Crippen LogP contribution in [0.3, 0.4) is 0 Å². The molecule has 19 heavy (non-hydrogen) atoms. The SMILES string of the molecule is CCNC(C)c1nc(Cc2cccc(Cl)c2F)no1. The summed E-state index contributed by atoms with van der Waals surface area (Å²) >= 11 is 5.73. The lowest BCUT2D eigenvalue weighted by molar-refractivity contribution is 0.339. The summed E-state index contributed by atoms with van der Waals surface area (Å²) in [6.45, 7) is 4.73. The first-order valence-electron chi connectivity index (χ1n) is 6.10. The zero-order valence-corrected chi connectivity index (χ0v) is 11.5. The molecule has 0 saturated heterocycles. The number of benzene rings is 1. The zero-order chi connectivity index (χ0) is 13.8. The summed E-state index contributed by atoms with van der Waals surface area (Å²) < 4.78 is 18.9. The van der Waals surface area contributed by atoms with E-state index in [4.69, 9.17) is 16.1 Å². The van der Waals surface area contributed by atoms with Crippen molar-refractivity contribution < 1.29 is 8.91 Å². The van der Waals surface area contributed by atoms with Gasteiger partial charge in [-0.15, -0.1) is 0 Å². The Hall–Kier alpha value is -1.46. The van der Waals surface area contributed by atoms with Gasteiger partial charge in [-0.3, -0.25) is 0 Å². The largest absolute Gasteiger partial charge is 0.338 e. The quantitative estimate of drug-likeness (QED) is 0.916. The van der Waals surface area contributed by atoms with Crippen molar-refractivity contribution in [2.24, 2.45) is 0 Å². The van der Waals surface area contributed by atoms with Gasteiger partial charge >= 0.3 is 0 Å². The van der Waals surface area contributed by atoms with Crippen molar-refractivity contribution in [1.82, 2.24) is 15.5 Å². The summed E-state index contributed by atoms with van der Waals surface area (Å²) in [5.41, 5.74) is 0.455. The molecular weight excluding hydrogens is 269 g/mol. The molecule has 1 atom stereocenters. The van der Waals surface area contributed by atoms with Gasteiger partial charge in [-0.05, 0) is 25.1 Å². The second kappa shape index (κ2) is 6.12. The molecule has 102 valence electrons. The third-order valence-corrected chi connectivity index (χ3v) is 3.04. The molecule has 1 N–H and O–H groups in total. The third kappa shape index (κ3) is 3.30. The number of rotatable bonds is 5. The predicted molar refractivity (Wildman–Crippen MR) is 70.6 cm³/mol. The minimum atomic E-state index is -0.435. The number of nitrogens with one attached hydrogen (secondary N) is 1. The van der Waals surface area contributed by atoms with Crippen molar-refractivity contribution >= 4 is 11.6 Å². The lowest BCUT2D eigenvalue weighted by Gasteiger charge is -2.05. The lowest BCUT2D eigenvalue weighted by atomic mass is 10.1. The Kier molecular flexibility index (Phi) is 4.50. The first-order chi connectivity index (χ1) is 9.11. The molecule has 4 nitrogen and oxygen atoms in total. The van der Waals surface area contributed by atoms with Gasteiger partial charge < -0.3 is 9.84 Å². The standard InChI is InChI=1S/C13H15ClFN3O/c1-3-16-8(2)13-17-11(18-19-13)7-9-5-4-6-10(14)12(9)15/h4-6,8,16H,3,7H2,1-2H3. The molecular formula is C13H15ClFN3O. The first-order valence-corrected chi connectivity index (χ1v) is 6.48. The summed E-state index contributed by atoms with van der Waals surface area (Å²) in [4.78, 5) is 4.24. The Morgan fingerprint density at radius 3 is 3.00 bits per heavy atom. The van der Waals surface area contributed by atoms with Gasteiger partial charge in [0.15, 0.2) is 5.82 Å². The van der Waals surface area contributed by atoms with Gasteiger partial charge in [0.2, 0.25) is 5.89 Å². The third-order valence-electron chi connectivity index (χ3n) is 2.74. The van der Waals surface area contributed by atoms with E-state index in [9.17, 15) is 4.39 Å². The molecule has 2 rings (SSSR count). The molecule has 0 spiro atoms. The number of aromatic nitrogens is 2. The van der Waals surface area contributed by atoms with E-state index in [1.54, 1.807) is 12.1 Å². The minimum Gasteiger partial charge on any atom is -0.338 e. The van der Waals surface area contributed by atoms with E-state index in [-0.39, 0.29) is 17.5 Å². The maximum absolute atomic E-state index is 13.7. The van der Waals surface area contributed by atoms with Crippen LogP contribution in [0.2, 0.25) is 5.02 Å². The molecule has 0 radical (unpaired) electrons. The van der Waals surface area contributed by atoms with Crippen LogP contribution in [0.1, 0.15) is 37.2 Å². The Balaban J connectivity index is 2.14. The van der Waals surface area contributed by atoms with Crippen LogP contribution in [0.15, 0.2) is 22.7 Å². The highest BCUT2D eigenvalue weighted by Crippen LogP contribution is 2.20. The van der Waals surface area contributed by atoms with Crippen molar-refractivity contribution in [3.63, 3.8) is 0 Å². The molecule has 0 amide bonds. The molecule has 0 saturated carbocycles. The second-order valence-electron chi connectivity index (χ2n) is 4.22. The number of hydrogen-bond acceptors (Lipinski definition) is 4. The van der Waals surface area contributed by atoms with E-state index in [0.717, 1.165) is 6.54 Å². The maximum atomic E-state index is 13.7. The van der Waals surface area contributed by atoms with Gasteiger partial charge in [-0.2, -0.15) is 4.98 Å². The molecule has 0 aliphatic heterocycles. The number of hydrogen-bond donors (Lipinski definition) is 1. The summed E-state index contributed by atoms with van der Waals surface area (Å²) in [6.07, 6.45) is 0.259. The number of nitrogens with zero attached hydrogens (tertiary/aromatic N) is 2. The summed E-state index contributed by atoms with van der Waals surface area (Å²) in [5.74, 6) is 0.510. The van der Waals surface area contributed by atoms with Crippen molar-refractivity contribution in [3.8, 4) is 0 Å². The Morgan fingerprint density at radius 2 is 2.26 bits per heavy atom. The smallest absolute Gasteiger partial charge is 0.243 e. The van der Waals surface area contributed by atoms with Gasteiger partial charge in [0, 0.05) is 6.42 Å². The van der Waals surface area contributed by atoms with Crippen molar-refractivity contribution in [2.75, 3.05) is 6.54 Å². The van der Waals surface area contributed by atoms with Crippen LogP contribution >= 0.6 is 11.6 Å². The molecule has 6 heteroatoms. The fourth-order valence-corrected chi connectivity index (χ4v) is 1.96. The van der Waals surface area contributed by atoms with Crippen LogP contribution in [-0.2, 0) is 6.42 Å². The van der Waals surface area contributed by atoms with Gasteiger partial charge in [0.1, 0.15) is 5.82 Å². The maximum Gasteiger partial charge on any atom is 0.243 e. The van der Waals surface area contributed by atoms with Crippen molar-refractivity contribution in [1.29, 1.82) is 0 Å². The highest BCUT2D eigenvalue weighted by atomic mass is 35.5. The average molecular weight is 284 g/mol. The first kappa shape index (κ1) is 14.0. The summed E-state index contributed by atoms with van der Waals surface area (Å²) in [5, 5.41) is 7.12. The molecule has 0 fully saturated rings. The van der Waals surface area contributed by atoms with Gasteiger partial charge in [-0.1, -0.05) is 35.8 Å². The van der Waals surface area contributed by atoms with Crippen LogP contribution in [0.5, 0.6) is 0 Å². The molecule has 1 heterocycles. The highest BCUT2D eigenvalue weighted by Gasteiger charge is 2.15. The molecule has 0 aliphatic carbocycles. The van der Waals surface area contributed by atoms with Crippen LogP contribution in [0.4, 0.5) is 4.39 Å². The molecule has 1 aromatic carbocycles. The highest BCUT2D eigenvalue weighted by molar-refractivity contribution is 6.30. The fourth-order valence-electron chi connectivity index (χ4n) is 1.76. The lowest BCUT2D eigenvalue weighted by Crippen LogP contribution is -2.17. The second-order valence-corrected chi connectivity index (χ2v) is 4.63. The molecule has 0 bridgehead atoms. The zero-order valence-electron chi connectivity index (χ0n) is 10.8. The van der Waals surface area contributed by atoms with Crippen LogP contribution in [-0.4, -0.2) is 16.7 Å². The fraction of sp³-hybridized carbons (Fsp3) is 0.385. The minimum absolute atomic E-state index is 0.0181. The van der Waals surface area contributed by atoms with Gasteiger partial charge in [-0.25, -0.2) is 4.39 Å². The summed E-state index contributed by atoms with van der Waals surface area (Å²) in [6, 6.07) is 4.85. The molecule has 1 unspecified atom stereocenters. The summed E-state index contributed by atoms with van der Waals surface area (Å²) in [7, 11) is 0. The van der Waals surface area contributed by atoms with Crippen LogP contribution in [0.25, 0.3) is 0 Å². The topological polar surface area (TPSA) is 51.0 Å². The van der Waals surface area contributed by atoms with E-state index < -0.39 is 5.82 Å². The van der Waals surface area contributed by atoms with Crippen molar-refractivity contribution in [3.05, 3.63) is 46.3 Å². The van der Waals surface area contributed by atoms with E-state index in [2.05, 4.69) is 15.5 Å². The van der Waals surface area contributed by atoms with Crippen LogP contribution in [0, 0.1) is 5.82 Å². The molecule has 1 aromatic heterocycles.